The van der Waals surface area contributed by atoms with E-state index >= 15 is 0 Å². The lowest BCUT2D eigenvalue weighted by molar-refractivity contribution is -0.144. The quantitative estimate of drug-likeness (QED) is 0.434. The van der Waals surface area contributed by atoms with Crippen LogP contribution in [0.2, 0.25) is 5.02 Å². The van der Waals surface area contributed by atoms with Crippen LogP contribution in [0.4, 0.5) is 0 Å². The van der Waals surface area contributed by atoms with Gasteiger partial charge in [0.2, 0.25) is 0 Å². The average Bonchev–Trinajstić information content (AvgIpc) is 2.76. The average molecular weight is 448 g/mol. The van der Waals surface area contributed by atoms with E-state index in [2.05, 4.69) is 5.32 Å². The Morgan fingerprint density at radius 3 is 2.55 bits per heavy atom. The van der Waals surface area contributed by atoms with Crippen molar-refractivity contribution in [3.05, 3.63) is 58.6 Å². The Hall–Kier alpha value is -3.19. The standard InChI is InChI=1S/C23H26ClNO6/c1-5-30-20-13-16(12-18(24)23(20)29-4)10-11-22(27)31-14-21(26)25-15(2)17-8-6-7-9-19(17)28-3/h6-13,15H,5,14H2,1-4H3,(H,25,26). The second-order valence-corrected chi connectivity index (χ2v) is 6.85. The Morgan fingerprint density at radius 1 is 1.13 bits per heavy atom. The van der Waals surface area contributed by atoms with E-state index in [0.717, 1.165) is 5.56 Å². The van der Waals surface area contributed by atoms with Gasteiger partial charge in [-0.05, 0) is 43.7 Å². The summed E-state index contributed by atoms with van der Waals surface area (Å²) in [7, 11) is 3.06. The van der Waals surface area contributed by atoms with Crippen LogP contribution in [0.25, 0.3) is 6.08 Å². The molecule has 2 rings (SSSR count). The lowest BCUT2D eigenvalue weighted by Crippen LogP contribution is -2.31. The Balaban J connectivity index is 1.92. The molecule has 8 heteroatoms. The Bertz CT molecular complexity index is 944. The number of ether oxygens (including phenoxy) is 4. The van der Waals surface area contributed by atoms with Crippen molar-refractivity contribution < 1.29 is 28.5 Å². The fourth-order valence-electron chi connectivity index (χ4n) is 2.88. The topological polar surface area (TPSA) is 83.1 Å². The predicted octanol–water partition coefficient (Wildman–Crippen LogP) is 4.19. The van der Waals surface area contributed by atoms with Crippen molar-refractivity contribution in [2.45, 2.75) is 19.9 Å². The molecule has 0 aromatic heterocycles. The molecule has 0 aliphatic carbocycles. The van der Waals surface area contributed by atoms with Crippen LogP contribution < -0.4 is 19.5 Å². The second-order valence-electron chi connectivity index (χ2n) is 6.44. The fraction of sp³-hybridized carbons (Fsp3) is 0.304. The van der Waals surface area contributed by atoms with E-state index in [4.69, 9.17) is 30.5 Å². The van der Waals surface area contributed by atoms with E-state index in [1.165, 1.54) is 19.3 Å². The summed E-state index contributed by atoms with van der Waals surface area (Å²) < 4.78 is 21.0. The van der Waals surface area contributed by atoms with Crippen molar-refractivity contribution in [3.8, 4) is 17.2 Å². The highest BCUT2D eigenvalue weighted by molar-refractivity contribution is 6.32. The minimum Gasteiger partial charge on any atom is -0.496 e. The first-order valence-electron chi connectivity index (χ1n) is 9.67. The number of esters is 1. The van der Waals surface area contributed by atoms with Gasteiger partial charge in [-0.15, -0.1) is 0 Å². The fourth-order valence-corrected chi connectivity index (χ4v) is 3.18. The maximum Gasteiger partial charge on any atom is 0.331 e. The lowest BCUT2D eigenvalue weighted by Gasteiger charge is -2.17. The van der Waals surface area contributed by atoms with E-state index in [9.17, 15) is 9.59 Å². The van der Waals surface area contributed by atoms with Gasteiger partial charge in [-0.25, -0.2) is 4.79 Å². The normalized spacial score (nSPS) is 11.6. The zero-order valence-electron chi connectivity index (χ0n) is 17.9. The SMILES string of the molecule is CCOc1cc(C=CC(=O)OCC(=O)NC(C)c2ccccc2OC)cc(Cl)c1OC. The monoisotopic (exact) mass is 447 g/mol. The van der Waals surface area contributed by atoms with Crippen molar-refractivity contribution in [2.24, 2.45) is 0 Å². The van der Waals surface area contributed by atoms with Crippen LogP contribution in [0.1, 0.15) is 31.0 Å². The first-order valence-corrected chi connectivity index (χ1v) is 10.0. The highest BCUT2D eigenvalue weighted by Crippen LogP contribution is 2.36. The number of nitrogens with one attached hydrogen (secondary N) is 1. The zero-order chi connectivity index (χ0) is 22.8. The van der Waals surface area contributed by atoms with Crippen molar-refractivity contribution in [1.29, 1.82) is 0 Å². The molecule has 0 fully saturated rings. The molecule has 166 valence electrons. The molecule has 0 saturated carbocycles. The second kappa shape index (κ2) is 11.9. The van der Waals surface area contributed by atoms with Gasteiger partial charge < -0.3 is 24.3 Å². The molecule has 1 atom stereocenters. The summed E-state index contributed by atoms with van der Waals surface area (Å²) in [6.45, 7) is 3.69. The highest BCUT2D eigenvalue weighted by Gasteiger charge is 2.15. The molecule has 0 spiro atoms. The van der Waals surface area contributed by atoms with E-state index in [1.807, 2.05) is 38.1 Å². The summed E-state index contributed by atoms with van der Waals surface area (Å²) >= 11 is 6.19. The molecule has 7 nitrogen and oxygen atoms in total. The first-order chi connectivity index (χ1) is 14.9. The van der Waals surface area contributed by atoms with Gasteiger partial charge in [0, 0.05) is 11.6 Å². The number of methoxy groups -OCH3 is 2. The number of hydrogen-bond acceptors (Lipinski definition) is 6. The number of rotatable bonds is 10. The molecule has 1 N–H and O–H groups in total. The van der Waals surface area contributed by atoms with Crippen LogP contribution in [0.5, 0.6) is 17.2 Å². The van der Waals surface area contributed by atoms with Gasteiger partial charge in [-0.2, -0.15) is 0 Å². The van der Waals surface area contributed by atoms with Gasteiger partial charge in [-0.3, -0.25) is 4.79 Å². The molecular formula is C23H26ClNO6. The third kappa shape index (κ3) is 6.93. The van der Waals surface area contributed by atoms with Crippen molar-refractivity contribution >= 4 is 29.6 Å². The molecular weight excluding hydrogens is 422 g/mol. The summed E-state index contributed by atoms with van der Waals surface area (Å²) in [5.74, 6) is 0.468. The van der Waals surface area contributed by atoms with Gasteiger partial charge >= 0.3 is 5.97 Å². The predicted molar refractivity (Wildman–Crippen MR) is 119 cm³/mol. The van der Waals surface area contributed by atoms with Crippen molar-refractivity contribution in [2.75, 3.05) is 27.4 Å². The third-order valence-corrected chi connectivity index (χ3v) is 4.56. The van der Waals surface area contributed by atoms with Gasteiger partial charge in [0.05, 0.1) is 31.9 Å². The number of carbonyl (C=O) groups excluding carboxylic acids is 2. The number of carbonyl (C=O) groups is 2. The first kappa shape index (κ1) is 24.1. The third-order valence-electron chi connectivity index (χ3n) is 4.28. The molecule has 0 aliphatic rings. The van der Waals surface area contributed by atoms with Gasteiger partial charge in [0.25, 0.3) is 5.91 Å². The minimum atomic E-state index is -0.662. The number of hydrogen-bond donors (Lipinski definition) is 1. The molecule has 0 radical (unpaired) electrons. The highest BCUT2D eigenvalue weighted by atomic mass is 35.5. The van der Waals surface area contributed by atoms with Crippen LogP contribution in [0, 0.1) is 0 Å². The summed E-state index contributed by atoms with van der Waals surface area (Å²) in [5.41, 5.74) is 1.45. The minimum absolute atomic E-state index is 0.309. The summed E-state index contributed by atoms with van der Waals surface area (Å²) in [6.07, 6.45) is 2.73. The number of halogens is 1. The van der Waals surface area contributed by atoms with E-state index in [-0.39, 0.29) is 6.04 Å². The van der Waals surface area contributed by atoms with Crippen LogP contribution in [0.3, 0.4) is 0 Å². The molecule has 0 bridgehead atoms. The largest absolute Gasteiger partial charge is 0.496 e. The number of amides is 1. The zero-order valence-corrected chi connectivity index (χ0v) is 18.7. The molecule has 0 saturated heterocycles. The van der Waals surface area contributed by atoms with E-state index in [1.54, 1.807) is 19.2 Å². The Labute approximate surface area is 186 Å². The van der Waals surface area contributed by atoms with Crippen LogP contribution >= 0.6 is 11.6 Å². The van der Waals surface area contributed by atoms with Crippen molar-refractivity contribution in [3.63, 3.8) is 0 Å². The Morgan fingerprint density at radius 2 is 1.87 bits per heavy atom. The maximum absolute atomic E-state index is 12.1. The molecule has 2 aromatic carbocycles. The number of benzene rings is 2. The Kier molecular flexibility index (Phi) is 9.21. The summed E-state index contributed by atoms with van der Waals surface area (Å²) in [5, 5.41) is 3.13. The lowest BCUT2D eigenvalue weighted by atomic mass is 10.1. The van der Waals surface area contributed by atoms with Gasteiger partial charge in [0.15, 0.2) is 18.1 Å². The molecule has 1 amide bonds. The van der Waals surface area contributed by atoms with Crippen LogP contribution in [-0.4, -0.2) is 39.3 Å². The van der Waals surface area contributed by atoms with E-state index < -0.39 is 18.5 Å². The summed E-state index contributed by atoms with van der Waals surface area (Å²) in [6, 6.07) is 10.4. The smallest absolute Gasteiger partial charge is 0.331 e. The molecule has 0 aliphatic heterocycles. The van der Waals surface area contributed by atoms with Crippen LogP contribution in [0.15, 0.2) is 42.5 Å². The molecule has 31 heavy (non-hydrogen) atoms. The summed E-state index contributed by atoms with van der Waals surface area (Å²) in [4.78, 5) is 24.1. The van der Waals surface area contributed by atoms with Gasteiger partial charge in [-0.1, -0.05) is 29.8 Å². The molecule has 0 heterocycles. The molecule has 2 aromatic rings. The van der Waals surface area contributed by atoms with Crippen LogP contribution in [-0.2, 0) is 14.3 Å². The van der Waals surface area contributed by atoms with Gasteiger partial charge in [0.1, 0.15) is 5.75 Å². The van der Waals surface area contributed by atoms with E-state index in [0.29, 0.717) is 34.4 Å². The van der Waals surface area contributed by atoms with Crippen molar-refractivity contribution in [1.82, 2.24) is 5.32 Å². The molecule has 1 unspecified atom stereocenters. The maximum atomic E-state index is 12.1. The number of para-hydroxylation sites is 1.